The Morgan fingerprint density at radius 3 is 2.55 bits per heavy atom. The van der Waals surface area contributed by atoms with Crippen LogP contribution >= 0.6 is 11.6 Å². The van der Waals surface area contributed by atoms with Crippen LogP contribution in [0, 0.1) is 0 Å². The van der Waals surface area contributed by atoms with Crippen molar-refractivity contribution >= 4 is 23.5 Å². The number of aromatic hydroxyl groups is 1. The van der Waals surface area contributed by atoms with Crippen LogP contribution in [0.3, 0.4) is 0 Å². The van der Waals surface area contributed by atoms with Crippen molar-refractivity contribution in [1.82, 2.24) is 15.1 Å². The third-order valence-electron chi connectivity index (χ3n) is 3.70. The van der Waals surface area contributed by atoms with Crippen LogP contribution < -0.4 is 5.32 Å². The topological polar surface area (TPSA) is 72.9 Å². The van der Waals surface area contributed by atoms with Crippen molar-refractivity contribution in [2.75, 3.05) is 27.2 Å². The van der Waals surface area contributed by atoms with Gasteiger partial charge in [0.1, 0.15) is 5.75 Å². The van der Waals surface area contributed by atoms with E-state index in [1.165, 1.54) is 23.1 Å². The lowest BCUT2D eigenvalue weighted by atomic mass is 10.0. The van der Waals surface area contributed by atoms with Crippen molar-refractivity contribution in [2.45, 2.75) is 18.9 Å². The van der Waals surface area contributed by atoms with Crippen LogP contribution in [0.2, 0.25) is 5.02 Å². The molecule has 0 unspecified atom stereocenters. The molecule has 0 spiro atoms. The first kappa shape index (κ1) is 16.4. The minimum Gasteiger partial charge on any atom is -0.508 e. The lowest BCUT2D eigenvalue weighted by molar-refractivity contribution is 0.0707. The number of hydrogen-bond acceptors (Lipinski definition) is 3. The molecule has 1 aliphatic heterocycles. The molecule has 0 aliphatic carbocycles. The largest absolute Gasteiger partial charge is 0.508 e. The fraction of sp³-hybridized carbons (Fsp3) is 0.467. The number of urea groups is 1. The molecule has 0 bridgehead atoms. The first-order chi connectivity index (χ1) is 10.4. The van der Waals surface area contributed by atoms with Gasteiger partial charge in [0.2, 0.25) is 0 Å². The van der Waals surface area contributed by atoms with E-state index in [0.717, 1.165) is 0 Å². The third kappa shape index (κ3) is 3.82. The number of rotatable bonds is 2. The first-order valence-corrected chi connectivity index (χ1v) is 7.52. The van der Waals surface area contributed by atoms with Gasteiger partial charge in [-0.3, -0.25) is 4.79 Å². The number of hydrogen-bond donors (Lipinski definition) is 2. The molecule has 1 aromatic rings. The average Bonchev–Trinajstić information content (AvgIpc) is 2.49. The number of nitrogens with zero attached hydrogens (tertiary/aromatic N) is 2. The molecule has 6 nitrogen and oxygen atoms in total. The van der Waals surface area contributed by atoms with Gasteiger partial charge in [-0.15, -0.1) is 0 Å². The van der Waals surface area contributed by atoms with E-state index in [2.05, 4.69) is 5.32 Å². The van der Waals surface area contributed by atoms with E-state index in [4.69, 9.17) is 11.6 Å². The Labute approximate surface area is 134 Å². The van der Waals surface area contributed by atoms with Crippen molar-refractivity contribution < 1.29 is 14.7 Å². The maximum atomic E-state index is 12.4. The molecule has 1 aromatic carbocycles. The lowest BCUT2D eigenvalue weighted by Gasteiger charge is -2.33. The van der Waals surface area contributed by atoms with Crippen molar-refractivity contribution in [1.29, 1.82) is 0 Å². The molecule has 1 fully saturated rings. The van der Waals surface area contributed by atoms with Gasteiger partial charge in [-0.25, -0.2) is 4.79 Å². The number of halogens is 1. The average molecular weight is 326 g/mol. The number of carbonyl (C=O) groups excluding carboxylic acids is 2. The Bertz CT molecular complexity index is 569. The van der Waals surface area contributed by atoms with Gasteiger partial charge in [-0.2, -0.15) is 0 Å². The molecule has 3 amide bonds. The van der Waals surface area contributed by atoms with Crippen LogP contribution in [0.1, 0.15) is 23.2 Å². The van der Waals surface area contributed by atoms with Crippen LogP contribution in [-0.4, -0.2) is 60.1 Å². The zero-order chi connectivity index (χ0) is 16.3. The Balaban J connectivity index is 1.95. The second kappa shape index (κ2) is 6.87. The number of piperidine rings is 1. The Kier molecular flexibility index (Phi) is 5.13. The zero-order valence-corrected chi connectivity index (χ0v) is 13.4. The van der Waals surface area contributed by atoms with E-state index in [1.807, 2.05) is 0 Å². The molecule has 2 rings (SSSR count). The maximum absolute atomic E-state index is 12.4. The molecule has 1 heterocycles. The van der Waals surface area contributed by atoms with Gasteiger partial charge in [0, 0.05) is 33.2 Å². The number of carbonyl (C=O) groups is 2. The number of likely N-dealkylation sites (tertiary alicyclic amines) is 1. The molecular formula is C15H20ClN3O3. The molecule has 0 saturated carbocycles. The summed E-state index contributed by atoms with van der Waals surface area (Å²) < 4.78 is 0. The lowest BCUT2D eigenvalue weighted by Crippen LogP contribution is -2.48. The number of benzene rings is 1. The predicted molar refractivity (Wildman–Crippen MR) is 84.3 cm³/mol. The summed E-state index contributed by atoms with van der Waals surface area (Å²) in [4.78, 5) is 27.2. The molecular weight excluding hydrogens is 306 g/mol. The minimum atomic E-state index is -0.196. The first-order valence-electron chi connectivity index (χ1n) is 7.14. The molecule has 1 aliphatic rings. The number of phenolic OH excluding ortho intramolecular Hbond substituents is 1. The quantitative estimate of drug-likeness (QED) is 0.872. The van der Waals surface area contributed by atoms with E-state index in [1.54, 1.807) is 19.0 Å². The molecule has 0 atom stereocenters. The van der Waals surface area contributed by atoms with Crippen LogP contribution in [0.15, 0.2) is 18.2 Å². The summed E-state index contributed by atoms with van der Waals surface area (Å²) in [6.45, 7) is 1.09. The van der Waals surface area contributed by atoms with Gasteiger partial charge in [0.15, 0.2) is 0 Å². The van der Waals surface area contributed by atoms with Crippen LogP contribution in [0.25, 0.3) is 0 Å². The fourth-order valence-corrected chi connectivity index (χ4v) is 2.58. The summed E-state index contributed by atoms with van der Waals surface area (Å²) in [5.41, 5.74) is 0.303. The maximum Gasteiger partial charge on any atom is 0.317 e. The van der Waals surface area contributed by atoms with Crippen molar-refractivity contribution in [3.05, 3.63) is 28.8 Å². The summed E-state index contributed by atoms with van der Waals surface area (Å²) in [5.74, 6) is -0.181. The zero-order valence-electron chi connectivity index (χ0n) is 12.7. The van der Waals surface area contributed by atoms with Gasteiger partial charge in [-0.05, 0) is 31.0 Å². The Morgan fingerprint density at radius 2 is 1.95 bits per heavy atom. The van der Waals surface area contributed by atoms with E-state index in [-0.39, 0.29) is 23.7 Å². The summed E-state index contributed by atoms with van der Waals surface area (Å²) in [5, 5.41) is 12.7. The van der Waals surface area contributed by atoms with Gasteiger partial charge in [0.05, 0.1) is 10.6 Å². The van der Waals surface area contributed by atoms with Crippen LogP contribution in [0.4, 0.5) is 4.79 Å². The minimum absolute atomic E-state index is 0.0147. The Morgan fingerprint density at radius 1 is 1.32 bits per heavy atom. The molecule has 1 saturated heterocycles. The summed E-state index contributed by atoms with van der Waals surface area (Å²) in [6.07, 6.45) is 1.39. The number of nitrogens with one attached hydrogen (secondary N) is 1. The second-order valence-corrected chi connectivity index (χ2v) is 5.98. The monoisotopic (exact) mass is 325 g/mol. The van der Waals surface area contributed by atoms with E-state index in [0.29, 0.717) is 36.5 Å². The van der Waals surface area contributed by atoms with E-state index >= 15 is 0 Å². The highest BCUT2D eigenvalue weighted by Crippen LogP contribution is 2.24. The van der Waals surface area contributed by atoms with Gasteiger partial charge in [-0.1, -0.05) is 11.6 Å². The van der Waals surface area contributed by atoms with Crippen LogP contribution in [-0.2, 0) is 0 Å². The summed E-state index contributed by atoms with van der Waals surface area (Å²) >= 11 is 6.02. The Hall–Kier alpha value is -1.95. The molecule has 2 N–H and O–H groups in total. The van der Waals surface area contributed by atoms with Crippen molar-refractivity contribution in [3.8, 4) is 5.75 Å². The molecule has 22 heavy (non-hydrogen) atoms. The summed E-state index contributed by atoms with van der Waals surface area (Å²) in [6, 6.07) is 4.28. The standard InChI is InChI=1S/C15H20ClN3O3/c1-18(2)15(22)17-10-5-7-19(8-6-10)14(21)12-9-11(20)3-4-13(12)16/h3-4,9-10,20H,5-8H2,1-2H3,(H,17,22). The number of amides is 3. The van der Waals surface area contributed by atoms with E-state index < -0.39 is 0 Å². The highest BCUT2D eigenvalue weighted by molar-refractivity contribution is 6.33. The highest BCUT2D eigenvalue weighted by Gasteiger charge is 2.26. The molecule has 7 heteroatoms. The van der Waals surface area contributed by atoms with Crippen LogP contribution in [0.5, 0.6) is 5.75 Å². The SMILES string of the molecule is CN(C)C(=O)NC1CCN(C(=O)c2cc(O)ccc2Cl)CC1. The van der Waals surface area contributed by atoms with Gasteiger partial charge in [0.25, 0.3) is 5.91 Å². The summed E-state index contributed by atoms with van der Waals surface area (Å²) in [7, 11) is 3.38. The predicted octanol–water partition coefficient (Wildman–Crippen LogP) is 1.92. The number of phenols is 1. The molecule has 120 valence electrons. The smallest absolute Gasteiger partial charge is 0.317 e. The highest BCUT2D eigenvalue weighted by atomic mass is 35.5. The second-order valence-electron chi connectivity index (χ2n) is 5.57. The van der Waals surface area contributed by atoms with Crippen molar-refractivity contribution in [2.24, 2.45) is 0 Å². The molecule has 0 aromatic heterocycles. The van der Waals surface area contributed by atoms with Crippen molar-refractivity contribution in [3.63, 3.8) is 0 Å². The molecule has 0 radical (unpaired) electrons. The van der Waals surface area contributed by atoms with E-state index in [9.17, 15) is 14.7 Å². The van der Waals surface area contributed by atoms with Gasteiger partial charge < -0.3 is 20.2 Å². The normalized spacial score (nSPS) is 15.5. The van der Waals surface area contributed by atoms with Gasteiger partial charge >= 0.3 is 6.03 Å². The third-order valence-corrected chi connectivity index (χ3v) is 4.03. The fourth-order valence-electron chi connectivity index (χ4n) is 2.38.